The molecule has 5 heteroatoms. The first kappa shape index (κ1) is 9.36. The van der Waals surface area contributed by atoms with Crippen LogP contribution in [0.2, 0.25) is 0 Å². The fourth-order valence-corrected chi connectivity index (χ4v) is 1.91. The smallest absolute Gasteiger partial charge is 0.168 e. The van der Waals surface area contributed by atoms with Crippen LogP contribution in [0.1, 0.15) is 0 Å². The number of hydrogen-bond donors (Lipinski definition) is 2. The average molecular weight is 209 g/mol. The van der Waals surface area contributed by atoms with E-state index in [-0.39, 0.29) is 0 Å². The van der Waals surface area contributed by atoms with Crippen molar-refractivity contribution >= 4 is 28.4 Å². The molecule has 2 aromatic rings. The van der Waals surface area contributed by atoms with E-state index in [1.165, 1.54) is 0 Å². The zero-order chi connectivity index (χ0) is 9.97. The van der Waals surface area contributed by atoms with Crippen molar-refractivity contribution in [3.8, 4) is 0 Å². The van der Waals surface area contributed by atoms with Gasteiger partial charge in [-0.25, -0.2) is 0 Å². The van der Waals surface area contributed by atoms with E-state index in [1.807, 2.05) is 12.1 Å². The maximum atomic E-state index is 5.68. The lowest BCUT2D eigenvalue weighted by Gasteiger charge is -1.94. The van der Waals surface area contributed by atoms with E-state index in [2.05, 4.69) is 5.16 Å². The number of fused-ring (bicyclic) bond motifs is 1. The first-order chi connectivity index (χ1) is 6.81. The minimum Gasteiger partial charge on any atom is -0.399 e. The number of nitrogen functional groups attached to an aromatic ring is 1. The van der Waals surface area contributed by atoms with Crippen LogP contribution in [-0.4, -0.2) is 17.5 Å². The summed E-state index contributed by atoms with van der Waals surface area (Å²) < 4.78 is 5.13. The Morgan fingerprint density at radius 2 is 2.29 bits per heavy atom. The van der Waals surface area contributed by atoms with Gasteiger partial charge in [0.25, 0.3) is 0 Å². The van der Waals surface area contributed by atoms with E-state index in [1.54, 1.807) is 17.8 Å². The Morgan fingerprint density at radius 3 is 3.07 bits per heavy atom. The van der Waals surface area contributed by atoms with E-state index in [4.69, 9.17) is 16.0 Å². The average Bonchev–Trinajstić information content (AvgIpc) is 2.57. The summed E-state index contributed by atoms with van der Waals surface area (Å²) in [5, 5.41) is 5.77. The van der Waals surface area contributed by atoms with Crippen molar-refractivity contribution in [3.63, 3.8) is 0 Å². The van der Waals surface area contributed by atoms with Gasteiger partial charge in [0.15, 0.2) is 5.58 Å². The minimum absolute atomic E-state index is 0.626. The Morgan fingerprint density at radius 1 is 1.43 bits per heavy atom. The third-order valence-corrected chi connectivity index (χ3v) is 2.83. The molecule has 0 atom stereocenters. The molecule has 0 bridgehead atoms. The van der Waals surface area contributed by atoms with Crippen LogP contribution in [0.3, 0.4) is 0 Å². The van der Waals surface area contributed by atoms with Gasteiger partial charge in [-0.3, -0.25) is 0 Å². The maximum Gasteiger partial charge on any atom is 0.168 e. The molecule has 74 valence electrons. The number of benzene rings is 1. The van der Waals surface area contributed by atoms with Crippen LogP contribution in [-0.2, 0) is 0 Å². The van der Waals surface area contributed by atoms with E-state index in [0.29, 0.717) is 6.54 Å². The summed E-state index contributed by atoms with van der Waals surface area (Å²) >= 11 is 1.58. The summed E-state index contributed by atoms with van der Waals surface area (Å²) in [7, 11) is 0. The molecule has 0 fully saturated rings. The highest BCUT2D eigenvalue weighted by molar-refractivity contribution is 7.99. The van der Waals surface area contributed by atoms with Gasteiger partial charge in [0.05, 0.1) is 5.39 Å². The molecular formula is C9H11N3OS. The van der Waals surface area contributed by atoms with Crippen molar-refractivity contribution in [2.24, 2.45) is 5.73 Å². The molecule has 1 aromatic heterocycles. The summed E-state index contributed by atoms with van der Waals surface area (Å²) in [6, 6.07) is 5.49. The molecule has 0 aliphatic heterocycles. The van der Waals surface area contributed by atoms with Crippen molar-refractivity contribution in [1.29, 1.82) is 0 Å². The largest absolute Gasteiger partial charge is 0.399 e. The van der Waals surface area contributed by atoms with Gasteiger partial charge in [0, 0.05) is 18.0 Å². The molecule has 0 saturated heterocycles. The summed E-state index contributed by atoms with van der Waals surface area (Å²) in [6.45, 7) is 0.626. The molecule has 0 radical (unpaired) electrons. The molecule has 0 saturated carbocycles. The van der Waals surface area contributed by atoms with Crippen LogP contribution in [0.5, 0.6) is 0 Å². The highest BCUT2D eigenvalue weighted by Gasteiger charge is 2.07. The Labute approximate surface area is 85.6 Å². The van der Waals surface area contributed by atoms with Crippen LogP contribution in [0.25, 0.3) is 11.0 Å². The van der Waals surface area contributed by atoms with E-state index in [9.17, 15) is 0 Å². The summed E-state index contributed by atoms with van der Waals surface area (Å²) in [5.41, 5.74) is 12.6. The van der Waals surface area contributed by atoms with Gasteiger partial charge in [0.2, 0.25) is 0 Å². The second kappa shape index (κ2) is 3.89. The van der Waals surface area contributed by atoms with Gasteiger partial charge >= 0.3 is 0 Å². The number of anilines is 1. The quantitative estimate of drug-likeness (QED) is 0.591. The SMILES string of the molecule is NCCSc1noc2ccc(N)cc12. The molecule has 1 aromatic carbocycles. The maximum absolute atomic E-state index is 5.68. The van der Waals surface area contributed by atoms with Crippen molar-refractivity contribution in [2.75, 3.05) is 18.0 Å². The summed E-state index contributed by atoms with van der Waals surface area (Å²) in [5.74, 6) is 0.830. The van der Waals surface area contributed by atoms with Gasteiger partial charge in [-0.15, -0.1) is 11.8 Å². The number of aromatic nitrogens is 1. The van der Waals surface area contributed by atoms with Crippen LogP contribution >= 0.6 is 11.8 Å². The highest BCUT2D eigenvalue weighted by Crippen LogP contribution is 2.28. The molecule has 0 aliphatic rings. The monoisotopic (exact) mass is 209 g/mol. The summed E-state index contributed by atoms with van der Waals surface area (Å²) in [6.07, 6.45) is 0. The van der Waals surface area contributed by atoms with Crippen molar-refractivity contribution in [2.45, 2.75) is 5.03 Å². The fraction of sp³-hybridized carbons (Fsp3) is 0.222. The van der Waals surface area contributed by atoms with Gasteiger partial charge < -0.3 is 16.0 Å². The Hall–Kier alpha value is -1.20. The molecule has 0 spiro atoms. The van der Waals surface area contributed by atoms with Gasteiger partial charge in [-0.1, -0.05) is 5.16 Å². The Kier molecular flexibility index (Phi) is 2.60. The van der Waals surface area contributed by atoms with Crippen molar-refractivity contribution < 1.29 is 4.52 Å². The lowest BCUT2D eigenvalue weighted by atomic mass is 10.2. The predicted octanol–water partition coefficient (Wildman–Crippen LogP) is 1.46. The van der Waals surface area contributed by atoms with Crippen molar-refractivity contribution in [1.82, 2.24) is 5.16 Å². The molecule has 0 unspecified atom stereocenters. The molecule has 1 heterocycles. The first-order valence-electron chi connectivity index (χ1n) is 4.29. The zero-order valence-corrected chi connectivity index (χ0v) is 8.38. The van der Waals surface area contributed by atoms with Gasteiger partial charge in [-0.2, -0.15) is 0 Å². The standard InChI is InChI=1S/C9H11N3OS/c10-3-4-14-9-7-5-6(11)1-2-8(7)13-12-9/h1-2,5H,3-4,10-11H2. The van der Waals surface area contributed by atoms with E-state index >= 15 is 0 Å². The van der Waals surface area contributed by atoms with E-state index < -0.39 is 0 Å². The molecular weight excluding hydrogens is 198 g/mol. The lowest BCUT2D eigenvalue weighted by molar-refractivity contribution is 0.437. The number of hydrogen-bond acceptors (Lipinski definition) is 5. The topological polar surface area (TPSA) is 78.1 Å². The molecule has 14 heavy (non-hydrogen) atoms. The van der Waals surface area contributed by atoms with E-state index in [0.717, 1.165) is 27.4 Å². The van der Waals surface area contributed by atoms with Crippen molar-refractivity contribution in [3.05, 3.63) is 18.2 Å². The first-order valence-corrected chi connectivity index (χ1v) is 5.27. The Bertz CT molecular complexity index is 441. The van der Waals surface area contributed by atoms with Crippen LogP contribution in [0, 0.1) is 0 Å². The van der Waals surface area contributed by atoms with Crippen LogP contribution in [0.15, 0.2) is 27.7 Å². The number of nitrogens with two attached hydrogens (primary N) is 2. The second-order valence-electron chi connectivity index (χ2n) is 2.88. The third kappa shape index (κ3) is 1.69. The molecule has 0 aliphatic carbocycles. The predicted molar refractivity (Wildman–Crippen MR) is 58.2 cm³/mol. The number of thioether (sulfide) groups is 1. The number of rotatable bonds is 3. The second-order valence-corrected chi connectivity index (χ2v) is 3.96. The zero-order valence-electron chi connectivity index (χ0n) is 7.56. The number of nitrogens with zero attached hydrogens (tertiary/aromatic N) is 1. The summed E-state index contributed by atoms with van der Waals surface area (Å²) in [4.78, 5) is 0. The third-order valence-electron chi connectivity index (χ3n) is 1.82. The van der Waals surface area contributed by atoms with Gasteiger partial charge in [-0.05, 0) is 18.2 Å². The fourth-order valence-electron chi connectivity index (χ4n) is 1.19. The normalized spacial score (nSPS) is 10.9. The van der Waals surface area contributed by atoms with Crippen LogP contribution in [0.4, 0.5) is 5.69 Å². The lowest BCUT2D eigenvalue weighted by Crippen LogP contribution is -2.00. The molecule has 4 nitrogen and oxygen atoms in total. The molecule has 4 N–H and O–H groups in total. The van der Waals surface area contributed by atoms with Gasteiger partial charge in [0.1, 0.15) is 5.03 Å². The van der Waals surface area contributed by atoms with Crippen LogP contribution < -0.4 is 11.5 Å². The molecule has 2 rings (SSSR count). The highest BCUT2D eigenvalue weighted by atomic mass is 32.2. The minimum atomic E-state index is 0.626. The Balaban J connectivity index is 2.40. The molecule has 0 amide bonds.